The van der Waals surface area contributed by atoms with Crippen LogP contribution in [0.15, 0.2) is 24.0 Å². The summed E-state index contributed by atoms with van der Waals surface area (Å²) in [4.78, 5) is 66.6. The summed E-state index contributed by atoms with van der Waals surface area (Å²) in [6.45, 7) is 11.3. The second-order valence-electron chi connectivity index (χ2n) is 15.1. The zero-order chi connectivity index (χ0) is 36.3. The van der Waals surface area contributed by atoms with E-state index in [1.54, 1.807) is 41.5 Å². The summed E-state index contributed by atoms with van der Waals surface area (Å²) in [5.74, 6) is -5.03. The quantitative estimate of drug-likeness (QED) is 0.285. The Balaban J connectivity index is 1.44. The largest absolute Gasteiger partial charge is 0.504 e. The van der Waals surface area contributed by atoms with Gasteiger partial charge in [0.15, 0.2) is 17.6 Å². The van der Waals surface area contributed by atoms with Gasteiger partial charge in [0.05, 0.1) is 23.9 Å². The number of likely N-dealkylation sites (tertiary alicyclic amines) is 1. The Bertz CT molecular complexity index is 1590. The minimum Gasteiger partial charge on any atom is -0.504 e. The number of carbonyl (C=O) groups excluding carboxylic acids is 5. The molecule has 14 heteroatoms. The SMILES string of the molecule is CC(=O)O[C@@H](CC(=O)OC(C)(C)C)C(=O)O[C@@H](CC(=O)OC(C)(C)C)C(=O)OC1=CC[C@@]2(O)[C@H]3Cc4ccc(O)c5c4[C@@]2(CCN3C)[C@H]1O5. The molecule has 1 aromatic rings. The maximum atomic E-state index is 13.9. The van der Waals surface area contributed by atoms with Crippen LogP contribution in [0.1, 0.15) is 85.3 Å². The Hall–Kier alpha value is -4.17. The molecule has 2 bridgehead atoms. The number of likely N-dealkylation sites (N-methyl/N-ethyl adjacent to an activating group) is 1. The van der Waals surface area contributed by atoms with Gasteiger partial charge >= 0.3 is 29.8 Å². The molecule has 268 valence electrons. The highest BCUT2D eigenvalue weighted by Crippen LogP contribution is 2.65. The molecule has 0 amide bonds. The van der Waals surface area contributed by atoms with Gasteiger partial charge in [-0.05, 0) is 85.7 Å². The zero-order valence-electron chi connectivity index (χ0n) is 29.1. The van der Waals surface area contributed by atoms with E-state index < -0.39 is 83.2 Å². The number of phenols is 1. The molecule has 14 nitrogen and oxygen atoms in total. The van der Waals surface area contributed by atoms with Gasteiger partial charge in [-0.3, -0.25) is 14.4 Å². The second-order valence-corrected chi connectivity index (χ2v) is 15.1. The number of esters is 5. The van der Waals surface area contributed by atoms with Gasteiger partial charge in [-0.25, -0.2) is 9.59 Å². The summed E-state index contributed by atoms with van der Waals surface area (Å²) in [6.07, 6.45) is -3.65. The summed E-state index contributed by atoms with van der Waals surface area (Å²) in [5, 5.41) is 23.2. The molecule has 2 heterocycles. The number of ether oxygens (including phenoxy) is 6. The third-order valence-electron chi connectivity index (χ3n) is 9.21. The molecule has 5 rings (SSSR count). The van der Waals surface area contributed by atoms with Gasteiger partial charge in [0.1, 0.15) is 17.0 Å². The van der Waals surface area contributed by atoms with Gasteiger partial charge in [0.2, 0.25) is 12.2 Å². The first-order valence-electron chi connectivity index (χ1n) is 16.3. The lowest BCUT2D eigenvalue weighted by Gasteiger charge is -2.61. The number of piperidine rings is 1. The zero-order valence-corrected chi connectivity index (χ0v) is 29.1. The van der Waals surface area contributed by atoms with Crippen LogP contribution in [-0.4, -0.2) is 99.7 Å². The monoisotopic (exact) mass is 687 g/mol. The molecule has 1 fully saturated rings. The number of phenolic OH excluding ortho intramolecular Hbond substituents is 1. The van der Waals surface area contributed by atoms with Crippen molar-refractivity contribution in [3.8, 4) is 11.5 Å². The lowest BCUT2D eigenvalue weighted by atomic mass is 9.50. The summed E-state index contributed by atoms with van der Waals surface area (Å²) in [5.41, 5.74) is -2.67. The van der Waals surface area contributed by atoms with E-state index in [2.05, 4.69) is 4.90 Å². The van der Waals surface area contributed by atoms with E-state index in [1.165, 1.54) is 12.1 Å². The number of rotatable bonds is 9. The van der Waals surface area contributed by atoms with Crippen molar-refractivity contribution in [1.29, 1.82) is 0 Å². The molecule has 0 aromatic heterocycles. The molecule has 1 saturated heterocycles. The molecule has 4 aliphatic rings. The Morgan fingerprint density at radius 3 is 2.12 bits per heavy atom. The van der Waals surface area contributed by atoms with Crippen LogP contribution in [0.2, 0.25) is 0 Å². The first-order valence-corrected chi connectivity index (χ1v) is 16.3. The van der Waals surface area contributed by atoms with E-state index in [1.807, 2.05) is 13.1 Å². The molecule has 6 atom stereocenters. The molecule has 1 spiro atoms. The van der Waals surface area contributed by atoms with Crippen LogP contribution in [0.25, 0.3) is 0 Å². The van der Waals surface area contributed by atoms with Crippen molar-refractivity contribution >= 4 is 29.8 Å². The van der Waals surface area contributed by atoms with E-state index in [0.717, 1.165) is 12.5 Å². The van der Waals surface area contributed by atoms with Crippen molar-refractivity contribution in [2.75, 3.05) is 13.6 Å². The second kappa shape index (κ2) is 12.6. The lowest BCUT2D eigenvalue weighted by molar-refractivity contribution is -0.186. The third-order valence-corrected chi connectivity index (χ3v) is 9.21. The molecular formula is C35H45NO13. The van der Waals surface area contributed by atoms with Gasteiger partial charge in [-0.15, -0.1) is 0 Å². The minimum absolute atomic E-state index is 0.0111. The summed E-state index contributed by atoms with van der Waals surface area (Å²) in [6, 6.07) is 3.06. The summed E-state index contributed by atoms with van der Waals surface area (Å²) < 4.78 is 33.3. The maximum Gasteiger partial charge on any atom is 0.353 e. The number of nitrogens with zero attached hydrogens (tertiary/aromatic N) is 1. The Kier molecular flexibility index (Phi) is 9.30. The van der Waals surface area contributed by atoms with E-state index in [-0.39, 0.29) is 29.7 Å². The average Bonchev–Trinajstić information content (AvgIpc) is 3.31. The first-order chi connectivity index (χ1) is 22.6. The maximum absolute atomic E-state index is 13.9. The number of carbonyl (C=O) groups is 5. The fourth-order valence-electron chi connectivity index (χ4n) is 7.45. The van der Waals surface area contributed by atoms with Crippen LogP contribution in [-0.2, 0) is 59.5 Å². The van der Waals surface area contributed by atoms with Crippen LogP contribution >= 0.6 is 0 Å². The molecule has 2 N–H and O–H groups in total. The van der Waals surface area contributed by atoms with Crippen LogP contribution in [0.4, 0.5) is 0 Å². The highest BCUT2D eigenvalue weighted by atomic mass is 16.6. The highest BCUT2D eigenvalue weighted by molar-refractivity contribution is 5.88. The predicted octanol–water partition coefficient (Wildman–Crippen LogP) is 2.52. The van der Waals surface area contributed by atoms with E-state index in [9.17, 15) is 34.2 Å². The average molecular weight is 688 g/mol. The molecule has 2 aliphatic heterocycles. The Morgan fingerprint density at radius 2 is 1.55 bits per heavy atom. The normalized spacial score (nSPS) is 26.6. The van der Waals surface area contributed by atoms with Gasteiger partial charge in [0, 0.05) is 24.9 Å². The number of hydrogen-bond donors (Lipinski definition) is 2. The van der Waals surface area contributed by atoms with E-state index in [0.29, 0.717) is 24.9 Å². The van der Waals surface area contributed by atoms with Crippen LogP contribution in [0.5, 0.6) is 11.5 Å². The number of benzene rings is 1. The van der Waals surface area contributed by atoms with Crippen molar-refractivity contribution in [3.63, 3.8) is 0 Å². The molecule has 2 aliphatic carbocycles. The fourth-order valence-corrected chi connectivity index (χ4v) is 7.45. The molecule has 49 heavy (non-hydrogen) atoms. The van der Waals surface area contributed by atoms with Gasteiger partial charge in [0.25, 0.3) is 0 Å². The van der Waals surface area contributed by atoms with Crippen LogP contribution < -0.4 is 4.74 Å². The fraction of sp³-hybridized carbons (Fsp3) is 0.629. The predicted molar refractivity (Wildman–Crippen MR) is 169 cm³/mol. The van der Waals surface area contributed by atoms with Crippen LogP contribution in [0.3, 0.4) is 0 Å². The molecule has 0 saturated carbocycles. The van der Waals surface area contributed by atoms with Crippen molar-refractivity contribution < 1.29 is 62.6 Å². The Labute approximate surface area is 284 Å². The number of aromatic hydroxyl groups is 1. The molecule has 0 unspecified atom stereocenters. The summed E-state index contributed by atoms with van der Waals surface area (Å²) in [7, 11) is 1.94. The third kappa shape index (κ3) is 6.85. The first kappa shape index (κ1) is 36.1. The van der Waals surface area contributed by atoms with Gasteiger partial charge < -0.3 is 43.5 Å². The topological polar surface area (TPSA) is 184 Å². The van der Waals surface area contributed by atoms with Crippen molar-refractivity contribution in [3.05, 3.63) is 35.1 Å². The standard InChI is InChI=1S/C35H45NO13/c1-18(37)44-22(16-25(39)48-32(2,3)4)30(41)46-23(17-26(40)49-33(5,6)7)31(42)45-21-11-12-35(43)24-15-19-9-10-20(38)28-27(19)34(35,29(21)47-28)13-14-36(24)8/h9-11,22-24,29,38,43H,12-17H2,1-8H3/t22-,23-,24+,29-,34-,35+/m0/s1. The van der Waals surface area contributed by atoms with E-state index >= 15 is 0 Å². The number of hydrogen-bond acceptors (Lipinski definition) is 14. The molecule has 0 radical (unpaired) electrons. The van der Waals surface area contributed by atoms with Gasteiger partial charge in [-0.2, -0.15) is 0 Å². The summed E-state index contributed by atoms with van der Waals surface area (Å²) >= 11 is 0. The van der Waals surface area contributed by atoms with Gasteiger partial charge in [-0.1, -0.05) is 6.07 Å². The lowest BCUT2D eigenvalue weighted by Crippen LogP contribution is -2.74. The Morgan fingerprint density at radius 1 is 0.959 bits per heavy atom. The highest BCUT2D eigenvalue weighted by Gasteiger charge is 2.72. The smallest absolute Gasteiger partial charge is 0.353 e. The van der Waals surface area contributed by atoms with Crippen molar-refractivity contribution in [2.45, 2.75) is 127 Å². The van der Waals surface area contributed by atoms with E-state index in [4.69, 9.17) is 28.4 Å². The minimum atomic E-state index is -1.90. The van der Waals surface area contributed by atoms with Crippen LogP contribution in [0, 0.1) is 0 Å². The number of aliphatic hydroxyl groups is 1. The molecule has 1 aromatic carbocycles. The van der Waals surface area contributed by atoms with Crippen molar-refractivity contribution in [2.24, 2.45) is 0 Å². The van der Waals surface area contributed by atoms with Crippen molar-refractivity contribution in [1.82, 2.24) is 4.90 Å². The molecular weight excluding hydrogens is 642 g/mol.